The molecule has 21 heavy (non-hydrogen) atoms. The number of carbonyl (C=O) groups is 1. The van der Waals surface area contributed by atoms with Crippen molar-refractivity contribution in [2.24, 2.45) is 17.8 Å². The number of rotatable bonds is 3. The summed E-state index contributed by atoms with van der Waals surface area (Å²) in [5.41, 5.74) is 0. The van der Waals surface area contributed by atoms with Crippen LogP contribution in [0, 0.1) is 17.8 Å². The van der Waals surface area contributed by atoms with Gasteiger partial charge in [0.25, 0.3) is 0 Å². The molecule has 3 fully saturated rings. The molecular weight excluding hydrogens is 262 g/mol. The largest absolute Gasteiger partial charge is 0.343 e. The van der Waals surface area contributed by atoms with Crippen molar-refractivity contribution in [3.05, 3.63) is 0 Å². The highest BCUT2D eigenvalue weighted by Gasteiger charge is 2.30. The van der Waals surface area contributed by atoms with Crippen molar-refractivity contribution >= 4 is 5.91 Å². The quantitative estimate of drug-likeness (QED) is 0.831. The number of hydrogen-bond donors (Lipinski definition) is 2. The Morgan fingerprint density at radius 1 is 0.810 bits per heavy atom. The summed E-state index contributed by atoms with van der Waals surface area (Å²) in [5.74, 6) is 2.83. The van der Waals surface area contributed by atoms with Gasteiger partial charge in [-0.05, 0) is 82.5 Å². The lowest BCUT2D eigenvalue weighted by Crippen LogP contribution is -2.43. The van der Waals surface area contributed by atoms with Crippen molar-refractivity contribution in [2.75, 3.05) is 39.3 Å². The van der Waals surface area contributed by atoms with Gasteiger partial charge in [-0.2, -0.15) is 0 Å². The van der Waals surface area contributed by atoms with Crippen LogP contribution >= 0.6 is 0 Å². The van der Waals surface area contributed by atoms with Crippen molar-refractivity contribution in [2.45, 2.75) is 44.9 Å². The lowest BCUT2D eigenvalue weighted by molar-refractivity contribution is -0.134. The van der Waals surface area contributed by atoms with E-state index in [0.717, 1.165) is 44.4 Å². The van der Waals surface area contributed by atoms with Gasteiger partial charge in [-0.3, -0.25) is 4.79 Å². The van der Waals surface area contributed by atoms with Gasteiger partial charge in [0.15, 0.2) is 0 Å². The maximum Gasteiger partial charge on any atom is 0.222 e. The molecule has 3 aliphatic rings. The van der Waals surface area contributed by atoms with E-state index in [9.17, 15) is 4.79 Å². The third kappa shape index (κ3) is 4.19. The van der Waals surface area contributed by atoms with Gasteiger partial charge in [-0.15, -0.1) is 0 Å². The fourth-order valence-electron chi connectivity index (χ4n) is 4.40. The van der Waals surface area contributed by atoms with Crippen LogP contribution in [0.4, 0.5) is 0 Å². The highest BCUT2D eigenvalue weighted by Crippen LogP contribution is 2.31. The number of hydrogen-bond acceptors (Lipinski definition) is 3. The van der Waals surface area contributed by atoms with E-state index in [1.807, 2.05) is 0 Å². The molecule has 0 aliphatic carbocycles. The van der Waals surface area contributed by atoms with Gasteiger partial charge in [-0.25, -0.2) is 0 Å². The Labute approximate surface area is 129 Å². The minimum Gasteiger partial charge on any atom is -0.343 e. The van der Waals surface area contributed by atoms with Crippen LogP contribution in [0.25, 0.3) is 0 Å². The Hall–Kier alpha value is -0.610. The van der Waals surface area contributed by atoms with Gasteiger partial charge in [-0.1, -0.05) is 0 Å². The van der Waals surface area contributed by atoms with Crippen LogP contribution < -0.4 is 10.6 Å². The van der Waals surface area contributed by atoms with E-state index in [4.69, 9.17) is 0 Å². The number of likely N-dealkylation sites (tertiary alicyclic amines) is 1. The number of carbonyl (C=O) groups excluding carboxylic acids is 1. The number of nitrogens with one attached hydrogen (secondary N) is 2. The van der Waals surface area contributed by atoms with Gasteiger partial charge in [0.2, 0.25) is 5.91 Å². The van der Waals surface area contributed by atoms with E-state index in [2.05, 4.69) is 15.5 Å². The van der Waals surface area contributed by atoms with Crippen LogP contribution in [0.2, 0.25) is 0 Å². The molecule has 3 rings (SSSR count). The Balaban J connectivity index is 1.40. The van der Waals surface area contributed by atoms with Crippen LogP contribution in [0.1, 0.15) is 44.9 Å². The van der Waals surface area contributed by atoms with E-state index in [1.165, 1.54) is 51.6 Å². The smallest absolute Gasteiger partial charge is 0.222 e. The standard InChI is InChI=1S/C17H31N3O/c21-17(13-14-1-7-18-8-2-14)20-11-5-16(6-12-20)15-3-9-19-10-4-15/h14-16,18-19H,1-13H2. The molecule has 0 saturated carbocycles. The van der Waals surface area contributed by atoms with Crippen LogP contribution in [0.3, 0.4) is 0 Å². The minimum atomic E-state index is 0.422. The topological polar surface area (TPSA) is 44.4 Å². The fourth-order valence-corrected chi connectivity index (χ4v) is 4.40. The molecule has 1 amide bonds. The molecule has 4 heteroatoms. The van der Waals surface area contributed by atoms with Crippen LogP contribution in [-0.4, -0.2) is 50.1 Å². The molecular formula is C17H31N3O. The molecule has 4 nitrogen and oxygen atoms in total. The minimum absolute atomic E-state index is 0.422. The van der Waals surface area contributed by atoms with E-state index in [1.54, 1.807) is 0 Å². The summed E-state index contributed by atoms with van der Waals surface area (Å²) in [4.78, 5) is 14.6. The lowest BCUT2D eigenvalue weighted by Gasteiger charge is -2.38. The predicted molar refractivity (Wildman–Crippen MR) is 85.1 cm³/mol. The van der Waals surface area contributed by atoms with Gasteiger partial charge >= 0.3 is 0 Å². The van der Waals surface area contributed by atoms with Crippen molar-refractivity contribution in [1.29, 1.82) is 0 Å². The number of nitrogens with zero attached hydrogens (tertiary/aromatic N) is 1. The van der Waals surface area contributed by atoms with E-state index in [-0.39, 0.29) is 0 Å². The third-order valence-electron chi connectivity index (χ3n) is 5.86. The van der Waals surface area contributed by atoms with Gasteiger partial charge in [0.1, 0.15) is 0 Å². The first-order chi connectivity index (χ1) is 10.3. The third-order valence-corrected chi connectivity index (χ3v) is 5.86. The Bertz CT molecular complexity index is 327. The molecule has 0 unspecified atom stereocenters. The highest BCUT2D eigenvalue weighted by molar-refractivity contribution is 5.76. The zero-order valence-corrected chi connectivity index (χ0v) is 13.3. The normalized spacial score (nSPS) is 27.0. The molecule has 3 heterocycles. The van der Waals surface area contributed by atoms with Crippen LogP contribution in [0.15, 0.2) is 0 Å². The Morgan fingerprint density at radius 2 is 1.33 bits per heavy atom. The number of piperidine rings is 3. The Kier molecular flexibility index (Phi) is 5.53. The Morgan fingerprint density at radius 3 is 1.95 bits per heavy atom. The summed E-state index contributed by atoms with van der Waals surface area (Å²) in [6.45, 7) is 6.60. The first-order valence-electron chi connectivity index (χ1n) is 9.02. The van der Waals surface area contributed by atoms with Gasteiger partial charge in [0, 0.05) is 19.5 Å². The average molecular weight is 293 g/mol. The van der Waals surface area contributed by atoms with Crippen molar-refractivity contribution < 1.29 is 4.79 Å². The maximum absolute atomic E-state index is 12.4. The summed E-state index contributed by atoms with van der Waals surface area (Å²) in [7, 11) is 0. The zero-order chi connectivity index (χ0) is 14.5. The maximum atomic E-state index is 12.4. The van der Waals surface area contributed by atoms with Crippen LogP contribution in [-0.2, 0) is 4.79 Å². The molecule has 0 aromatic carbocycles. The fraction of sp³-hybridized carbons (Fsp3) is 0.941. The van der Waals surface area contributed by atoms with E-state index >= 15 is 0 Å². The van der Waals surface area contributed by atoms with E-state index < -0.39 is 0 Å². The molecule has 3 saturated heterocycles. The first kappa shape index (κ1) is 15.3. The summed E-state index contributed by atoms with van der Waals surface area (Å²) in [5, 5.41) is 6.84. The average Bonchev–Trinajstić information content (AvgIpc) is 2.57. The second-order valence-corrected chi connectivity index (χ2v) is 7.20. The molecule has 3 aliphatic heterocycles. The van der Waals surface area contributed by atoms with Crippen molar-refractivity contribution in [1.82, 2.24) is 15.5 Å². The molecule has 0 bridgehead atoms. The monoisotopic (exact) mass is 293 g/mol. The number of amides is 1. The molecule has 0 spiro atoms. The van der Waals surface area contributed by atoms with Crippen molar-refractivity contribution in [3.8, 4) is 0 Å². The zero-order valence-electron chi connectivity index (χ0n) is 13.3. The summed E-state index contributed by atoms with van der Waals surface area (Å²) in [6, 6.07) is 0. The second kappa shape index (κ2) is 7.59. The first-order valence-corrected chi connectivity index (χ1v) is 9.02. The highest BCUT2D eigenvalue weighted by atomic mass is 16.2. The second-order valence-electron chi connectivity index (χ2n) is 7.20. The molecule has 0 aromatic rings. The van der Waals surface area contributed by atoms with Gasteiger partial charge < -0.3 is 15.5 Å². The summed E-state index contributed by atoms with van der Waals surface area (Å²) in [6.07, 6.45) is 8.31. The summed E-state index contributed by atoms with van der Waals surface area (Å²) < 4.78 is 0. The van der Waals surface area contributed by atoms with E-state index in [0.29, 0.717) is 11.8 Å². The molecule has 2 N–H and O–H groups in total. The van der Waals surface area contributed by atoms with Crippen molar-refractivity contribution in [3.63, 3.8) is 0 Å². The van der Waals surface area contributed by atoms with Crippen LogP contribution in [0.5, 0.6) is 0 Å². The molecule has 0 radical (unpaired) electrons. The molecule has 0 atom stereocenters. The summed E-state index contributed by atoms with van der Waals surface area (Å²) >= 11 is 0. The molecule has 120 valence electrons. The predicted octanol–water partition coefficient (Wildman–Crippen LogP) is 1.61. The van der Waals surface area contributed by atoms with Gasteiger partial charge in [0.05, 0.1) is 0 Å². The lowest BCUT2D eigenvalue weighted by atomic mass is 9.79. The molecule has 0 aromatic heterocycles. The SMILES string of the molecule is O=C(CC1CCNCC1)N1CCC(C2CCNCC2)CC1.